The third-order valence-corrected chi connectivity index (χ3v) is 3.85. The first-order valence-corrected chi connectivity index (χ1v) is 7.30. The van der Waals surface area contributed by atoms with Gasteiger partial charge in [-0.15, -0.1) is 0 Å². The molecule has 3 nitrogen and oxygen atoms in total. The predicted molar refractivity (Wildman–Crippen MR) is 70.2 cm³/mol. The van der Waals surface area contributed by atoms with Crippen LogP contribution in [-0.4, -0.2) is 30.5 Å². The lowest BCUT2D eigenvalue weighted by molar-refractivity contribution is -0.00549. The van der Waals surface area contributed by atoms with E-state index in [2.05, 4.69) is 22.1 Å². The first kappa shape index (κ1) is 13.0. The van der Waals surface area contributed by atoms with E-state index in [1.807, 2.05) is 0 Å². The molecule has 2 N–H and O–H groups in total. The molecule has 96 valence electrons. The van der Waals surface area contributed by atoms with Crippen LogP contribution in [0, 0.1) is 0 Å². The fraction of sp³-hybridized carbons (Fsp3) is 0.692. The third kappa shape index (κ3) is 4.76. The van der Waals surface area contributed by atoms with Gasteiger partial charge in [-0.1, -0.05) is 12.8 Å². The van der Waals surface area contributed by atoms with Gasteiger partial charge in [-0.25, -0.2) is 0 Å². The summed E-state index contributed by atoms with van der Waals surface area (Å²) in [6.07, 6.45) is 4.87. The van der Waals surface area contributed by atoms with E-state index in [-0.39, 0.29) is 0 Å². The summed E-state index contributed by atoms with van der Waals surface area (Å²) in [5.74, 6) is 0. The van der Waals surface area contributed by atoms with Gasteiger partial charge < -0.3 is 15.2 Å². The van der Waals surface area contributed by atoms with Gasteiger partial charge in [-0.3, -0.25) is 0 Å². The third-order valence-electron chi connectivity index (χ3n) is 3.12. The molecule has 0 bridgehead atoms. The normalized spacial score (nSPS) is 18.6. The number of aliphatic hydroxyl groups excluding tert-OH is 1. The molecule has 0 spiro atoms. The molecule has 0 radical (unpaired) electrons. The van der Waals surface area contributed by atoms with E-state index < -0.39 is 6.10 Å². The summed E-state index contributed by atoms with van der Waals surface area (Å²) in [6, 6.07) is 2.10. The molecule has 1 aliphatic carbocycles. The molecule has 0 aliphatic heterocycles. The Morgan fingerprint density at radius 3 is 3.00 bits per heavy atom. The summed E-state index contributed by atoms with van der Waals surface area (Å²) < 4.78 is 5.66. The highest BCUT2D eigenvalue weighted by molar-refractivity contribution is 7.07. The molecule has 1 fully saturated rings. The van der Waals surface area contributed by atoms with E-state index in [9.17, 15) is 5.11 Å². The maximum absolute atomic E-state index is 9.75. The monoisotopic (exact) mass is 255 g/mol. The Kier molecular flexibility index (Phi) is 5.45. The van der Waals surface area contributed by atoms with Gasteiger partial charge in [-0.2, -0.15) is 11.3 Å². The summed E-state index contributed by atoms with van der Waals surface area (Å²) in [4.78, 5) is 0. The minimum atomic E-state index is -0.394. The second-order valence-corrected chi connectivity index (χ2v) is 5.44. The van der Waals surface area contributed by atoms with E-state index in [1.165, 1.54) is 18.4 Å². The van der Waals surface area contributed by atoms with Crippen LogP contribution in [0.3, 0.4) is 0 Å². The topological polar surface area (TPSA) is 41.5 Å². The maximum atomic E-state index is 9.75. The van der Waals surface area contributed by atoms with Crippen molar-refractivity contribution in [3.05, 3.63) is 22.4 Å². The van der Waals surface area contributed by atoms with Crippen molar-refractivity contribution in [3.8, 4) is 0 Å². The standard InChI is InChI=1S/C13H21NO2S/c15-12(9-16-13-3-1-2-4-13)8-14-7-11-5-6-17-10-11/h5-6,10,12-15H,1-4,7-9H2. The quantitative estimate of drug-likeness (QED) is 0.784. The first-order valence-electron chi connectivity index (χ1n) is 6.36. The van der Waals surface area contributed by atoms with Crippen LogP contribution in [0.2, 0.25) is 0 Å². The molecule has 0 saturated heterocycles. The van der Waals surface area contributed by atoms with Gasteiger partial charge in [0.1, 0.15) is 0 Å². The van der Waals surface area contributed by atoms with Crippen molar-refractivity contribution in [1.29, 1.82) is 0 Å². The second kappa shape index (κ2) is 7.11. The number of hydrogen-bond donors (Lipinski definition) is 2. The van der Waals surface area contributed by atoms with E-state index >= 15 is 0 Å². The Morgan fingerprint density at radius 1 is 1.47 bits per heavy atom. The maximum Gasteiger partial charge on any atom is 0.0897 e. The fourth-order valence-corrected chi connectivity index (χ4v) is 2.81. The van der Waals surface area contributed by atoms with Crippen molar-refractivity contribution in [3.63, 3.8) is 0 Å². The van der Waals surface area contributed by atoms with Crippen molar-refractivity contribution in [1.82, 2.24) is 5.32 Å². The molecule has 1 heterocycles. The van der Waals surface area contributed by atoms with E-state index in [4.69, 9.17) is 4.74 Å². The lowest BCUT2D eigenvalue weighted by Gasteiger charge is -2.15. The van der Waals surface area contributed by atoms with Gasteiger partial charge >= 0.3 is 0 Å². The Bertz CT molecular complexity index is 296. The number of rotatable bonds is 7. The minimum Gasteiger partial charge on any atom is -0.389 e. The lowest BCUT2D eigenvalue weighted by Crippen LogP contribution is -2.31. The summed E-state index contributed by atoms with van der Waals surface area (Å²) in [7, 11) is 0. The van der Waals surface area contributed by atoms with E-state index in [1.54, 1.807) is 11.3 Å². The van der Waals surface area contributed by atoms with Gasteiger partial charge in [0.15, 0.2) is 0 Å². The largest absolute Gasteiger partial charge is 0.389 e. The lowest BCUT2D eigenvalue weighted by atomic mass is 10.3. The number of hydrogen-bond acceptors (Lipinski definition) is 4. The molecule has 1 atom stereocenters. The van der Waals surface area contributed by atoms with Crippen molar-refractivity contribution < 1.29 is 9.84 Å². The molecule has 2 rings (SSSR count). The molecule has 1 aromatic heterocycles. The molecule has 1 aromatic rings. The Labute approximate surface area is 107 Å². The SMILES string of the molecule is OC(CNCc1ccsc1)COC1CCCC1. The van der Waals surface area contributed by atoms with Crippen LogP contribution in [0.25, 0.3) is 0 Å². The summed E-state index contributed by atoms with van der Waals surface area (Å²) >= 11 is 1.70. The highest BCUT2D eigenvalue weighted by Gasteiger charge is 2.16. The summed E-state index contributed by atoms with van der Waals surface area (Å²) in [6.45, 7) is 1.88. The summed E-state index contributed by atoms with van der Waals surface area (Å²) in [5.41, 5.74) is 1.28. The molecule has 1 aliphatic rings. The van der Waals surface area contributed by atoms with Crippen LogP contribution < -0.4 is 5.32 Å². The zero-order chi connectivity index (χ0) is 11.9. The predicted octanol–water partition coefficient (Wildman–Crippen LogP) is 2.16. The highest BCUT2D eigenvalue weighted by atomic mass is 32.1. The van der Waals surface area contributed by atoms with Crippen LogP contribution >= 0.6 is 11.3 Å². The van der Waals surface area contributed by atoms with Crippen LogP contribution in [0.15, 0.2) is 16.8 Å². The molecule has 1 unspecified atom stereocenters. The number of aliphatic hydroxyl groups is 1. The molecular formula is C13H21NO2S. The summed E-state index contributed by atoms with van der Waals surface area (Å²) in [5, 5.41) is 17.2. The van der Waals surface area contributed by atoms with Crippen molar-refractivity contribution >= 4 is 11.3 Å². The fourth-order valence-electron chi connectivity index (χ4n) is 2.14. The Morgan fingerprint density at radius 2 is 2.29 bits per heavy atom. The molecular weight excluding hydrogens is 234 g/mol. The van der Waals surface area contributed by atoms with Gasteiger partial charge in [0.05, 0.1) is 18.8 Å². The molecule has 4 heteroatoms. The Hall–Kier alpha value is -0.420. The zero-order valence-electron chi connectivity index (χ0n) is 10.1. The number of thiophene rings is 1. The molecule has 17 heavy (non-hydrogen) atoms. The Balaban J connectivity index is 1.52. The van der Waals surface area contributed by atoms with E-state index in [0.29, 0.717) is 19.3 Å². The van der Waals surface area contributed by atoms with Gasteiger partial charge in [0, 0.05) is 13.1 Å². The number of ether oxygens (including phenoxy) is 1. The van der Waals surface area contributed by atoms with Crippen molar-refractivity contribution in [2.45, 2.75) is 44.4 Å². The minimum absolute atomic E-state index is 0.390. The smallest absolute Gasteiger partial charge is 0.0897 e. The van der Waals surface area contributed by atoms with Crippen LogP contribution in [-0.2, 0) is 11.3 Å². The van der Waals surface area contributed by atoms with Gasteiger partial charge in [0.2, 0.25) is 0 Å². The van der Waals surface area contributed by atoms with Crippen LogP contribution in [0.5, 0.6) is 0 Å². The van der Waals surface area contributed by atoms with Crippen molar-refractivity contribution in [2.24, 2.45) is 0 Å². The van der Waals surface area contributed by atoms with Crippen LogP contribution in [0.1, 0.15) is 31.2 Å². The molecule has 0 aromatic carbocycles. The average Bonchev–Trinajstić information content (AvgIpc) is 2.99. The highest BCUT2D eigenvalue weighted by Crippen LogP contribution is 2.20. The number of nitrogens with one attached hydrogen (secondary N) is 1. The molecule has 0 amide bonds. The van der Waals surface area contributed by atoms with Gasteiger partial charge in [0.25, 0.3) is 0 Å². The molecule has 1 saturated carbocycles. The first-order chi connectivity index (χ1) is 8.34. The zero-order valence-corrected chi connectivity index (χ0v) is 10.9. The van der Waals surface area contributed by atoms with Gasteiger partial charge in [-0.05, 0) is 35.2 Å². The average molecular weight is 255 g/mol. The van der Waals surface area contributed by atoms with E-state index in [0.717, 1.165) is 19.4 Å². The second-order valence-electron chi connectivity index (χ2n) is 4.66. The van der Waals surface area contributed by atoms with Crippen LogP contribution in [0.4, 0.5) is 0 Å². The van der Waals surface area contributed by atoms with Crippen molar-refractivity contribution in [2.75, 3.05) is 13.2 Å².